The maximum absolute atomic E-state index is 10.9. The molecule has 0 saturated carbocycles. The molecule has 160 valence electrons. The summed E-state index contributed by atoms with van der Waals surface area (Å²) in [7, 11) is -4.34. The Balaban J connectivity index is 1.88. The van der Waals surface area contributed by atoms with Crippen LogP contribution in [0.2, 0.25) is 0 Å². The van der Waals surface area contributed by atoms with Crippen molar-refractivity contribution in [3.05, 3.63) is 24.4 Å². The third kappa shape index (κ3) is 4.89. The van der Waals surface area contributed by atoms with Crippen LogP contribution in [-0.4, -0.2) is 70.8 Å². The number of rotatable bonds is 8. The maximum Gasteiger partial charge on any atom is 0.350 e. The van der Waals surface area contributed by atoms with E-state index in [0.29, 0.717) is 29.3 Å². The fourth-order valence-corrected chi connectivity index (χ4v) is 3.53. The molecule has 0 spiro atoms. The molecule has 4 atom stereocenters. The first-order valence-corrected chi connectivity index (χ1v) is 10.9. The van der Waals surface area contributed by atoms with E-state index in [9.17, 15) is 14.8 Å². The average molecular weight is 428 g/mol. The molecule has 12 heteroatoms. The summed E-state index contributed by atoms with van der Waals surface area (Å²) in [5.41, 5.74) is 1.74. The Morgan fingerprint density at radius 2 is 2.07 bits per heavy atom. The molecule has 3 rings (SSSR count). The molecule has 1 fully saturated rings. The summed E-state index contributed by atoms with van der Waals surface area (Å²) in [6.07, 6.45) is -1.77. The van der Waals surface area contributed by atoms with Gasteiger partial charge in [0.15, 0.2) is 17.7 Å². The predicted molar refractivity (Wildman–Crippen MR) is 103 cm³/mol. The summed E-state index contributed by atoms with van der Waals surface area (Å²) in [5, 5.41) is 20.7. The van der Waals surface area contributed by atoms with Crippen LogP contribution in [0.4, 0.5) is 0 Å². The Kier molecular flexibility index (Phi) is 6.49. The van der Waals surface area contributed by atoms with Crippen LogP contribution in [0.1, 0.15) is 31.6 Å². The monoisotopic (exact) mass is 428 g/mol. The molecular weight excluding hydrogens is 403 g/mol. The van der Waals surface area contributed by atoms with Crippen molar-refractivity contribution in [2.75, 3.05) is 13.0 Å². The molecule has 4 N–H and O–H groups in total. The second kappa shape index (κ2) is 8.57. The molecule has 1 aliphatic rings. The fourth-order valence-electron chi connectivity index (χ4n) is 3.18. The van der Waals surface area contributed by atoms with Crippen molar-refractivity contribution < 1.29 is 34.0 Å². The molecule has 1 aliphatic heterocycles. The van der Waals surface area contributed by atoms with E-state index in [-0.39, 0.29) is 6.61 Å². The highest BCUT2D eigenvalue weighted by Crippen LogP contribution is 2.36. The molecule has 1 saturated heterocycles. The predicted octanol–water partition coefficient (Wildman–Crippen LogP) is 0.439. The zero-order valence-corrected chi connectivity index (χ0v) is 17.0. The lowest BCUT2D eigenvalue weighted by Gasteiger charge is -2.17. The number of fused-ring (bicyclic) bond motifs is 1. The minimum Gasteiger partial charge on any atom is -0.387 e. The Bertz CT molecular complexity index is 928. The highest BCUT2D eigenvalue weighted by molar-refractivity contribution is 7.51. The number of imidazole rings is 1. The summed E-state index contributed by atoms with van der Waals surface area (Å²) in [6.45, 7) is 7.53. The normalized spacial score (nSPS) is 25.2. The number of aliphatic hydroxyl groups excluding tert-OH is 2. The van der Waals surface area contributed by atoms with Gasteiger partial charge in [0.05, 0.1) is 18.6 Å². The Morgan fingerprint density at radius 1 is 1.34 bits per heavy atom. The van der Waals surface area contributed by atoms with Gasteiger partial charge in [-0.15, -0.1) is 0 Å². The van der Waals surface area contributed by atoms with E-state index in [0.717, 1.165) is 5.69 Å². The van der Waals surface area contributed by atoms with Gasteiger partial charge in [-0.1, -0.05) is 20.4 Å². The van der Waals surface area contributed by atoms with Gasteiger partial charge in [0.25, 0.3) is 0 Å². The van der Waals surface area contributed by atoms with Crippen molar-refractivity contribution in [2.45, 2.75) is 44.8 Å². The molecule has 29 heavy (non-hydrogen) atoms. The number of aliphatic hydroxyl groups is 2. The summed E-state index contributed by atoms with van der Waals surface area (Å²) >= 11 is 0. The highest BCUT2D eigenvalue weighted by Gasteiger charge is 2.44. The van der Waals surface area contributed by atoms with Gasteiger partial charge in [-0.25, -0.2) is 15.0 Å². The van der Waals surface area contributed by atoms with Gasteiger partial charge in [-0.2, -0.15) is 0 Å². The van der Waals surface area contributed by atoms with Crippen LogP contribution in [0.25, 0.3) is 17.2 Å². The van der Waals surface area contributed by atoms with Crippen LogP contribution in [0.5, 0.6) is 0 Å². The Labute approximate surface area is 167 Å². The Morgan fingerprint density at radius 3 is 2.69 bits per heavy atom. The van der Waals surface area contributed by atoms with Crippen molar-refractivity contribution in [3.8, 4) is 0 Å². The first-order chi connectivity index (χ1) is 13.6. The molecular formula is C17H25N4O7P. The van der Waals surface area contributed by atoms with E-state index in [1.807, 2.05) is 0 Å². The molecule has 3 heterocycles. The molecule has 0 aliphatic carbocycles. The number of ether oxygens (including phenoxy) is 2. The molecule has 0 radical (unpaired) electrons. The lowest BCUT2D eigenvalue weighted by atomic mass is 10.1. The van der Waals surface area contributed by atoms with Gasteiger partial charge in [-0.05, 0) is 18.4 Å². The minimum absolute atomic E-state index is 0.294. The van der Waals surface area contributed by atoms with Gasteiger partial charge >= 0.3 is 7.60 Å². The van der Waals surface area contributed by atoms with E-state index >= 15 is 0 Å². The largest absolute Gasteiger partial charge is 0.387 e. The van der Waals surface area contributed by atoms with E-state index in [1.54, 1.807) is 0 Å². The molecule has 2 aromatic rings. The van der Waals surface area contributed by atoms with E-state index in [4.69, 9.17) is 19.3 Å². The molecule has 0 bridgehead atoms. The first kappa shape index (κ1) is 22.0. The quantitative estimate of drug-likeness (QED) is 0.434. The summed E-state index contributed by atoms with van der Waals surface area (Å²) in [6, 6.07) is 0. The standard InChI is InChI=1S/C17H25N4O7P/c1-4-12-19-10(5-9(2)3)13-16(20-12)21(7-18-13)17-15(23)14(22)11(28-17)6-27-8-29(24,25)26/h4,7,9,11,14-15,17,22-23H,1,5-6,8H2,2-3H3,(H2,24,25,26)/t11-,14-,15-,17-/m1/s1. The third-order valence-corrected chi connectivity index (χ3v) is 4.97. The summed E-state index contributed by atoms with van der Waals surface area (Å²) < 4.78 is 23.0. The van der Waals surface area contributed by atoms with Gasteiger partial charge in [0.2, 0.25) is 0 Å². The fraction of sp³-hybridized carbons (Fsp3) is 0.588. The van der Waals surface area contributed by atoms with E-state index in [1.165, 1.54) is 17.0 Å². The minimum atomic E-state index is -4.34. The number of hydrogen-bond acceptors (Lipinski definition) is 8. The number of nitrogens with zero attached hydrogens (tertiary/aromatic N) is 4. The molecule has 11 nitrogen and oxygen atoms in total. The summed E-state index contributed by atoms with van der Waals surface area (Å²) in [4.78, 5) is 31.0. The maximum atomic E-state index is 10.9. The number of hydrogen-bond donors (Lipinski definition) is 4. The SMILES string of the molecule is C=Cc1nc(CC(C)C)c2ncn([C@@H]3O[C@H](COCP(=O)(O)O)[C@@H](O)[C@H]3O)c2n1. The lowest BCUT2D eigenvalue weighted by molar-refractivity contribution is -0.0612. The second-order valence-electron chi connectivity index (χ2n) is 7.37. The molecule has 0 aromatic carbocycles. The van der Waals surface area contributed by atoms with Crippen LogP contribution in [-0.2, 0) is 20.5 Å². The zero-order valence-electron chi connectivity index (χ0n) is 16.1. The molecule has 0 amide bonds. The smallest absolute Gasteiger partial charge is 0.350 e. The summed E-state index contributed by atoms with van der Waals surface area (Å²) in [5.74, 6) is 0.742. The van der Waals surface area contributed by atoms with Gasteiger partial charge in [-0.3, -0.25) is 9.13 Å². The van der Waals surface area contributed by atoms with Crippen LogP contribution in [0.3, 0.4) is 0 Å². The van der Waals surface area contributed by atoms with Crippen molar-refractivity contribution >= 4 is 24.8 Å². The molecule has 2 aromatic heterocycles. The zero-order chi connectivity index (χ0) is 21.3. The van der Waals surface area contributed by atoms with Crippen molar-refractivity contribution in [1.29, 1.82) is 0 Å². The lowest BCUT2D eigenvalue weighted by Crippen LogP contribution is -2.33. The van der Waals surface area contributed by atoms with Crippen molar-refractivity contribution in [1.82, 2.24) is 19.5 Å². The van der Waals surface area contributed by atoms with Gasteiger partial charge in [0.1, 0.15) is 30.2 Å². The van der Waals surface area contributed by atoms with Crippen LogP contribution in [0, 0.1) is 5.92 Å². The van der Waals surface area contributed by atoms with E-state index < -0.39 is 38.5 Å². The van der Waals surface area contributed by atoms with Crippen LogP contribution < -0.4 is 0 Å². The molecule has 0 unspecified atom stereocenters. The van der Waals surface area contributed by atoms with Crippen LogP contribution >= 0.6 is 7.60 Å². The van der Waals surface area contributed by atoms with Gasteiger partial charge in [0, 0.05) is 0 Å². The third-order valence-electron chi connectivity index (χ3n) is 4.45. The highest BCUT2D eigenvalue weighted by atomic mass is 31.2. The van der Waals surface area contributed by atoms with Crippen LogP contribution in [0.15, 0.2) is 12.9 Å². The van der Waals surface area contributed by atoms with Gasteiger partial charge < -0.3 is 29.5 Å². The first-order valence-electron chi connectivity index (χ1n) is 9.10. The van der Waals surface area contributed by atoms with Crippen molar-refractivity contribution in [3.63, 3.8) is 0 Å². The average Bonchev–Trinajstić information content (AvgIpc) is 3.16. The second-order valence-corrected chi connectivity index (χ2v) is 8.95. The van der Waals surface area contributed by atoms with E-state index in [2.05, 4.69) is 35.4 Å². The number of aromatic nitrogens is 4. The topological polar surface area (TPSA) is 160 Å². The Hall–Kier alpha value is -1.72. The van der Waals surface area contributed by atoms with Crippen molar-refractivity contribution in [2.24, 2.45) is 5.92 Å².